The first kappa shape index (κ1) is 13.6. The Balaban J connectivity index is 0.00000169. The second kappa shape index (κ2) is 4.89. The highest BCUT2D eigenvalue weighted by molar-refractivity contribution is 5.85. The molecule has 0 radical (unpaired) electrons. The molecule has 1 aliphatic carbocycles. The minimum absolute atomic E-state index is 0. The second-order valence-corrected chi connectivity index (χ2v) is 3.65. The number of carboxylic acid groups (broad SMARTS) is 1. The van der Waals surface area contributed by atoms with Crippen molar-refractivity contribution in [1.29, 1.82) is 0 Å². The van der Waals surface area contributed by atoms with Gasteiger partial charge in [0.1, 0.15) is 6.04 Å². The number of halogens is 3. The Bertz CT molecular complexity index is 210. The summed E-state index contributed by atoms with van der Waals surface area (Å²) in [5.41, 5.74) is 5.02. The summed E-state index contributed by atoms with van der Waals surface area (Å²) in [6.07, 6.45) is 0.697. The summed E-state index contributed by atoms with van der Waals surface area (Å²) in [7, 11) is 0. The first-order valence-corrected chi connectivity index (χ1v) is 4.27. The minimum atomic E-state index is -2.92. The van der Waals surface area contributed by atoms with E-state index in [1.807, 2.05) is 0 Å². The van der Waals surface area contributed by atoms with E-state index in [1.165, 1.54) is 0 Å². The van der Waals surface area contributed by atoms with Gasteiger partial charge in [0.15, 0.2) is 0 Å². The van der Waals surface area contributed by atoms with Crippen molar-refractivity contribution in [2.45, 2.75) is 37.6 Å². The fraction of sp³-hybridized carbons (Fsp3) is 0.875. The normalized spacial score (nSPS) is 18.5. The SMILES string of the molecule is Cl.NC(CC(F)(F)CC1CC1)C(=O)O. The zero-order valence-electron chi connectivity index (χ0n) is 7.58. The van der Waals surface area contributed by atoms with Crippen molar-refractivity contribution in [2.24, 2.45) is 11.7 Å². The van der Waals surface area contributed by atoms with Crippen LogP contribution in [0.2, 0.25) is 0 Å². The van der Waals surface area contributed by atoms with E-state index in [4.69, 9.17) is 10.8 Å². The number of hydrogen-bond acceptors (Lipinski definition) is 2. The number of aliphatic carboxylic acids is 1. The molecule has 1 saturated carbocycles. The number of alkyl halides is 2. The van der Waals surface area contributed by atoms with Gasteiger partial charge in [-0.2, -0.15) is 0 Å². The molecule has 3 nitrogen and oxygen atoms in total. The van der Waals surface area contributed by atoms with Crippen LogP contribution in [0, 0.1) is 5.92 Å². The van der Waals surface area contributed by atoms with Crippen LogP contribution in [-0.2, 0) is 4.79 Å². The third-order valence-electron chi connectivity index (χ3n) is 2.12. The van der Waals surface area contributed by atoms with E-state index in [0.717, 1.165) is 12.8 Å². The van der Waals surface area contributed by atoms with E-state index in [9.17, 15) is 13.6 Å². The van der Waals surface area contributed by atoms with Gasteiger partial charge in [-0.3, -0.25) is 4.79 Å². The van der Waals surface area contributed by atoms with Gasteiger partial charge in [0.25, 0.3) is 5.92 Å². The van der Waals surface area contributed by atoms with E-state index in [1.54, 1.807) is 0 Å². The summed E-state index contributed by atoms with van der Waals surface area (Å²) >= 11 is 0. The molecule has 0 aromatic heterocycles. The van der Waals surface area contributed by atoms with Gasteiger partial charge in [0, 0.05) is 12.8 Å². The highest BCUT2D eigenvalue weighted by Crippen LogP contribution is 2.40. The molecule has 0 saturated heterocycles. The molecule has 1 unspecified atom stereocenters. The molecule has 14 heavy (non-hydrogen) atoms. The molecule has 0 aliphatic heterocycles. The van der Waals surface area contributed by atoms with E-state index < -0.39 is 24.4 Å². The monoisotopic (exact) mass is 229 g/mol. The van der Waals surface area contributed by atoms with Gasteiger partial charge in [0.05, 0.1) is 0 Å². The standard InChI is InChI=1S/C8H13F2NO2.ClH/c9-8(10,3-5-1-2-5)4-6(11)7(12)13;/h5-6H,1-4,11H2,(H,12,13);1H. The molecule has 1 atom stereocenters. The number of hydrogen-bond donors (Lipinski definition) is 2. The van der Waals surface area contributed by atoms with Gasteiger partial charge >= 0.3 is 5.97 Å². The number of carbonyl (C=O) groups is 1. The van der Waals surface area contributed by atoms with Crippen LogP contribution in [0.1, 0.15) is 25.7 Å². The molecule has 1 aliphatic rings. The molecule has 0 amide bonds. The van der Waals surface area contributed by atoms with Crippen molar-refractivity contribution in [3.8, 4) is 0 Å². The largest absolute Gasteiger partial charge is 0.480 e. The van der Waals surface area contributed by atoms with Crippen LogP contribution >= 0.6 is 12.4 Å². The third kappa shape index (κ3) is 4.72. The number of rotatable bonds is 5. The summed E-state index contributed by atoms with van der Waals surface area (Å²) in [6, 6.07) is -1.45. The van der Waals surface area contributed by atoms with Gasteiger partial charge < -0.3 is 10.8 Å². The Kier molecular flexibility index (Phi) is 4.74. The van der Waals surface area contributed by atoms with Gasteiger partial charge in [-0.05, 0) is 18.8 Å². The van der Waals surface area contributed by atoms with Crippen molar-refractivity contribution < 1.29 is 18.7 Å². The topological polar surface area (TPSA) is 63.3 Å². The zero-order valence-corrected chi connectivity index (χ0v) is 8.40. The molecule has 0 spiro atoms. The summed E-state index contributed by atoms with van der Waals surface area (Å²) in [5.74, 6) is -4.20. The summed E-state index contributed by atoms with van der Waals surface area (Å²) in [5, 5.41) is 8.34. The van der Waals surface area contributed by atoms with E-state index >= 15 is 0 Å². The molecule has 3 N–H and O–H groups in total. The van der Waals surface area contributed by atoms with Crippen LogP contribution in [0.3, 0.4) is 0 Å². The Hall–Kier alpha value is -0.420. The smallest absolute Gasteiger partial charge is 0.320 e. The molecule has 1 fully saturated rings. The lowest BCUT2D eigenvalue weighted by atomic mass is 10.0. The molecular formula is C8H14ClF2NO2. The molecule has 0 heterocycles. The molecule has 1 rings (SSSR count). The molecule has 0 aromatic carbocycles. The lowest BCUT2D eigenvalue weighted by molar-refractivity contribution is -0.141. The average molecular weight is 230 g/mol. The lowest BCUT2D eigenvalue weighted by Gasteiger charge is -2.17. The van der Waals surface area contributed by atoms with Crippen molar-refractivity contribution in [3.05, 3.63) is 0 Å². The van der Waals surface area contributed by atoms with Crippen LogP contribution in [0.25, 0.3) is 0 Å². The predicted octanol–water partition coefficient (Wildman–Crippen LogP) is 1.65. The first-order valence-electron chi connectivity index (χ1n) is 4.27. The van der Waals surface area contributed by atoms with Crippen LogP contribution < -0.4 is 5.73 Å². The molecule has 0 aromatic rings. The van der Waals surface area contributed by atoms with E-state index in [-0.39, 0.29) is 24.7 Å². The van der Waals surface area contributed by atoms with Gasteiger partial charge in [0.2, 0.25) is 0 Å². The van der Waals surface area contributed by atoms with Crippen LogP contribution in [0.5, 0.6) is 0 Å². The fourth-order valence-corrected chi connectivity index (χ4v) is 1.24. The second-order valence-electron chi connectivity index (χ2n) is 3.65. The highest BCUT2D eigenvalue weighted by atomic mass is 35.5. The number of carboxylic acids is 1. The minimum Gasteiger partial charge on any atom is -0.480 e. The van der Waals surface area contributed by atoms with Gasteiger partial charge in [-0.1, -0.05) is 0 Å². The summed E-state index contributed by atoms with van der Waals surface area (Å²) < 4.78 is 26.0. The molecule has 84 valence electrons. The maximum absolute atomic E-state index is 13.0. The average Bonchev–Trinajstić information content (AvgIpc) is 2.69. The predicted molar refractivity (Wildman–Crippen MR) is 49.8 cm³/mol. The van der Waals surface area contributed by atoms with Gasteiger partial charge in [-0.25, -0.2) is 8.78 Å². The Morgan fingerprint density at radius 2 is 2.07 bits per heavy atom. The molecule has 6 heteroatoms. The molecule has 0 bridgehead atoms. The van der Waals surface area contributed by atoms with Crippen molar-refractivity contribution in [2.75, 3.05) is 0 Å². The van der Waals surface area contributed by atoms with Crippen LogP contribution in [-0.4, -0.2) is 23.0 Å². The quantitative estimate of drug-likeness (QED) is 0.754. The van der Waals surface area contributed by atoms with Crippen molar-refractivity contribution in [1.82, 2.24) is 0 Å². The van der Waals surface area contributed by atoms with Crippen LogP contribution in [0.15, 0.2) is 0 Å². The summed E-state index contributed by atoms with van der Waals surface area (Å²) in [6.45, 7) is 0. The van der Waals surface area contributed by atoms with E-state index in [2.05, 4.69) is 0 Å². The van der Waals surface area contributed by atoms with Crippen molar-refractivity contribution >= 4 is 18.4 Å². The van der Waals surface area contributed by atoms with Crippen LogP contribution in [0.4, 0.5) is 8.78 Å². The highest BCUT2D eigenvalue weighted by Gasteiger charge is 2.39. The Morgan fingerprint density at radius 1 is 1.57 bits per heavy atom. The Labute approximate surface area is 87.1 Å². The maximum atomic E-state index is 13.0. The van der Waals surface area contributed by atoms with E-state index in [0.29, 0.717) is 0 Å². The summed E-state index contributed by atoms with van der Waals surface area (Å²) in [4.78, 5) is 10.2. The van der Waals surface area contributed by atoms with Crippen molar-refractivity contribution in [3.63, 3.8) is 0 Å². The maximum Gasteiger partial charge on any atom is 0.320 e. The van der Waals surface area contributed by atoms with Gasteiger partial charge in [-0.15, -0.1) is 12.4 Å². The first-order chi connectivity index (χ1) is 5.91. The Morgan fingerprint density at radius 3 is 2.43 bits per heavy atom. The third-order valence-corrected chi connectivity index (χ3v) is 2.12. The number of nitrogens with two attached hydrogens (primary N) is 1. The molecular weight excluding hydrogens is 216 g/mol. The lowest BCUT2D eigenvalue weighted by Crippen LogP contribution is -2.37. The zero-order chi connectivity index (χ0) is 10.1. The fourth-order valence-electron chi connectivity index (χ4n) is 1.24.